The maximum absolute atomic E-state index is 6.30. The van der Waals surface area contributed by atoms with Gasteiger partial charge in [0.1, 0.15) is 10.5 Å². The lowest BCUT2D eigenvalue weighted by atomic mass is 10.1. The third-order valence-corrected chi connectivity index (χ3v) is 5.52. The average molecular weight is 404 g/mol. The second-order valence-corrected chi connectivity index (χ2v) is 7.48. The SMILES string of the molecule is Clc1ccccc1-c1nc(-c2cccc(Nc3nc4ccccc4o3)c2)cs1. The van der Waals surface area contributed by atoms with E-state index in [2.05, 4.69) is 10.3 Å². The van der Waals surface area contributed by atoms with Crippen LogP contribution in [0.3, 0.4) is 0 Å². The van der Waals surface area contributed by atoms with Crippen molar-refractivity contribution in [2.24, 2.45) is 0 Å². The molecule has 0 aliphatic carbocycles. The molecule has 28 heavy (non-hydrogen) atoms. The number of halogens is 1. The number of para-hydroxylation sites is 2. The first-order valence-corrected chi connectivity index (χ1v) is 9.95. The standard InChI is InChI=1S/C22H14ClN3OS/c23-17-9-2-1-8-16(17)21-25-19(13-28-21)14-6-5-7-15(12-14)24-22-26-18-10-3-4-11-20(18)27-22/h1-13H,(H,24,26). The molecule has 0 saturated carbocycles. The molecule has 6 heteroatoms. The Balaban J connectivity index is 1.44. The summed E-state index contributed by atoms with van der Waals surface area (Å²) in [6, 6.07) is 23.9. The van der Waals surface area contributed by atoms with Gasteiger partial charge in [-0.3, -0.25) is 0 Å². The molecule has 0 fully saturated rings. The van der Waals surface area contributed by atoms with Crippen molar-refractivity contribution in [2.45, 2.75) is 0 Å². The molecular weight excluding hydrogens is 390 g/mol. The van der Waals surface area contributed by atoms with Gasteiger partial charge < -0.3 is 9.73 Å². The van der Waals surface area contributed by atoms with Gasteiger partial charge in [0.25, 0.3) is 6.01 Å². The van der Waals surface area contributed by atoms with Gasteiger partial charge in [-0.05, 0) is 30.3 Å². The number of thiazole rings is 1. The van der Waals surface area contributed by atoms with Gasteiger partial charge in [-0.25, -0.2) is 4.98 Å². The first-order chi connectivity index (χ1) is 13.8. The highest BCUT2D eigenvalue weighted by Gasteiger charge is 2.11. The van der Waals surface area contributed by atoms with Crippen LogP contribution >= 0.6 is 22.9 Å². The van der Waals surface area contributed by atoms with Gasteiger partial charge in [0.05, 0.1) is 10.7 Å². The van der Waals surface area contributed by atoms with Crippen LogP contribution in [0.1, 0.15) is 0 Å². The van der Waals surface area contributed by atoms with Crippen molar-refractivity contribution in [3.63, 3.8) is 0 Å². The Labute approximate surface area is 170 Å². The molecule has 0 saturated heterocycles. The lowest BCUT2D eigenvalue weighted by molar-refractivity contribution is 0.623. The Morgan fingerprint density at radius 1 is 0.893 bits per heavy atom. The first-order valence-electron chi connectivity index (χ1n) is 8.70. The topological polar surface area (TPSA) is 51.0 Å². The van der Waals surface area contributed by atoms with Crippen LogP contribution in [0.25, 0.3) is 32.9 Å². The Hall–Kier alpha value is -3.15. The minimum absolute atomic E-state index is 0.466. The number of benzene rings is 3. The van der Waals surface area contributed by atoms with E-state index in [4.69, 9.17) is 21.0 Å². The number of fused-ring (bicyclic) bond motifs is 1. The predicted octanol–water partition coefficient (Wildman–Crippen LogP) is 7.02. The zero-order valence-electron chi connectivity index (χ0n) is 14.6. The highest BCUT2D eigenvalue weighted by molar-refractivity contribution is 7.13. The smallest absolute Gasteiger partial charge is 0.300 e. The fraction of sp³-hybridized carbons (Fsp3) is 0. The van der Waals surface area contributed by atoms with Crippen molar-refractivity contribution in [1.82, 2.24) is 9.97 Å². The average Bonchev–Trinajstić information content (AvgIpc) is 3.35. The lowest BCUT2D eigenvalue weighted by Crippen LogP contribution is -1.90. The zero-order chi connectivity index (χ0) is 18.9. The lowest BCUT2D eigenvalue weighted by Gasteiger charge is -2.04. The molecule has 0 aliphatic rings. The second kappa shape index (κ2) is 7.11. The molecule has 0 radical (unpaired) electrons. The number of hydrogen-bond acceptors (Lipinski definition) is 5. The maximum Gasteiger partial charge on any atom is 0.300 e. The Morgan fingerprint density at radius 2 is 1.75 bits per heavy atom. The molecule has 0 spiro atoms. The predicted molar refractivity (Wildman–Crippen MR) is 115 cm³/mol. The number of nitrogens with one attached hydrogen (secondary N) is 1. The van der Waals surface area contributed by atoms with Crippen LogP contribution in [0.4, 0.5) is 11.7 Å². The highest BCUT2D eigenvalue weighted by atomic mass is 35.5. The largest absolute Gasteiger partial charge is 0.423 e. The summed E-state index contributed by atoms with van der Waals surface area (Å²) < 4.78 is 5.74. The van der Waals surface area contributed by atoms with Crippen LogP contribution in [-0.2, 0) is 0 Å². The van der Waals surface area contributed by atoms with Crippen molar-refractivity contribution in [3.8, 4) is 21.8 Å². The molecule has 0 atom stereocenters. The summed E-state index contributed by atoms with van der Waals surface area (Å²) in [5, 5.41) is 6.87. The quantitative estimate of drug-likeness (QED) is 0.350. The van der Waals surface area contributed by atoms with Gasteiger partial charge in [0.15, 0.2) is 5.58 Å². The van der Waals surface area contributed by atoms with Crippen LogP contribution in [0.2, 0.25) is 5.02 Å². The maximum atomic E-state index is 6.30. The number of aromatic nitrogens is 2. The van der Waals surface area contributed by atoms with Crippen molar-refractivity contribution in [2.75, 3.05) is 5.32 Å². The van der Waals surface area contributed by atoms with E-state index < -0.39 is 0 Å². The van der Waals surface area contributed by atoms with Crippen LogP contribution in [0, 0.1) is 0 Å². The van der Waals surface area contributed by atoms with Gasteiger partial charge in [0, 0.05) is 22.2 Å². The van der Waals surface area contributed by atoms with Crippen LogP contribution < -0.4 is 5.32 Å². The fourth-order valence-corrected chi connectivity index (χ4v) is 4.12. The molecule has 4 nitrogen and oxygen atoms in total. The highest BCUT2D eigenvalue weighted by Crippen LogP contribution is 2.34. The summed E-state index contributed by atoms with van der Waals surface area (Å²) in [5.74, 6) is 0. The van der Waals surface area contributed by atoms with Gasteiger partial charge in [-0.1, -0.05) is 54.1 Å². The van der Waals surface area contributed by atoms with E-state index in [0.717, 1.165) is 38.6 Å². The first kappa shape index (κ1) is 17.0. The minimum Gasteiger partial charge on any atom is -0.423 e. The molecule has 2 aromatic heterocycles. The van der Waals surface area contributed by atoms with Crippen LogP contribution in [0.5, 0.6) is 0 Å². The number of rotatable bonds is 4. The zero-order valence-corrected chi connectivity index (χ0v) is 16.2. The minimum atomic E-state index is 0.466. The molecule has 5 aromatic rings. The summed E-state index contributed by atoms with van der Waals surface area (Å²) in [5.41, 5.74) is 5.32. The normalized spacial score (nSPS) is 11.0. The fourth-order valence-electron chi connectivity index (χ4n) is 2.97. The van der Waals surface area contributed by atoms with Gasteiger partial charge >= 0.3 is 0 Å². The Kier molecular flexibility index (Phi) is 4.31. The Morgan fingerprint density at radius 3 is 2.64 bits per heavy atom. The van der Waals surface area contributed by atoms with E-state index in [1.165, 1.54) is 0 Å². The summed E-state index contributed by atoms with van der Waals surface area (Å²) in [4.78, 5) is 9.22. The molecule has 0 aliphatic heterocycles. The third kappa shape index (κ3) is 3.26. The van der Waals surface area contributed by atoms with Gasteiger partial charge in [-0.15, -0.1) is 11.3 Å². The summed E-state index contributed by atoms with van der Waals surface area (Å²) in [6.07, 6.45) is 0. The molecule has 1 N–H and O–H groups in total. The number of oxazole rings is 1. The third-order valence-electron chi connectivity index (χ3n) is 4.31. The molecule has 5 rings (SSSR count). The van der Waals surface area contributed by atoms with Crippen LogP contribution in [0.15, 0.2) is 82.6 Å². The molecule has 3 aromatic carbocycles. The van der Waals surface area contributed by atoms with Crippen LogP contribution in [-0.4, -0.2) is 9.97 Å². The summed E-state index contributed by atoms with van der Waals surface area (Å²) in [6.45, 7) is 0. The molecule has 0 unspecified atom stereocenters. The van der Waals surface area contributed by atoms with Crippen molar-refractivity contribution < 1.29 is 4.42 Å². The number of nitrogens with zero attached hydrogens (tertiary/aromatic N) is 2. The van der Waals surface area contributed by atoms with Crippen molar-refractivity contribution >= 4 is 45.7 Å². The number of anilines is 2. The van der Waals surface area contributed by atoms with Crippen molar-refractivity contribution in [1.29, 1.82) is 0 Å². The molecule has 136 valence electrons. The monoisotopic (exact) mass is 403 g/mol. The van der Waals surface area contributed by atoms with E-state index in [1.807, 2.05) is 78.2 Å². The molecule has 2 heterocycles. The number of hydrogen-bond donors (Lipinski definition) is 1. The molecular formula is C22H14ClN3OS. The van der Waals surface area contributed by atoms with E-state index in [-0.39, 0.29) is 0 Å². The van der Waals surface area contributed by atoms with Gasteiger partial charge in [-0.2, -0.15) is 4.98 Å². The van der Waals surface area contributed by atoms with E-state index in [1.54, 1.807) is 11.3 Å². The Bertz CT molecular complexity index is 1240. The van der Waals surface area contributed by atoms with Gasteiger partial charge in [0.2, 0.25) is 0 Å². The second-order valence-electron chi connectivity index (χ2n) is 6.21. The van der Waals surface area contributed by atoms with E-state index in [0.29, 0.717) is 11.0 Å². The summed E-state index contributed by atoms with van der Waals surface area (Å²) >= 11 is 7.88. The van der Waals surface area contributed by atoms with E-state index in [9.17, 15) is 0 Å². The summed E-state index contributed by atoms with van der Waals surface area (Å²) in [7, 11) is 0. The molecule has 0 amide bonds. The van der Waals surface area contributed by atoms with E-state index >= 15 is 0 Å². The molecule has 0 bridgehead atoms. The van der Waals surface area contributed by atoms with Crippen molar-refractivity contribution in [3.05, 3.63) is 83.2 Å².